The maximum Gasteiger partial charge on any atom is 0.465 e. The molecule has 0 spiro atoms. The van der Waals surface area contributed by atoms with Gasteiger partial charge < -0.3 is 20.9 Å². The predicted octanol–water partition coefficient (Wildman–Crippen LogP) is -1.09. The van der Waals surface area contributed by atoms with Crippen molar-refractivity contribution in [3.63, 3.8) is 0 Å². The maximum atomic E-state index is 5.87. The van der Waals surface area contributed by atoms with Crippen molar-refractivity contribution in [3.05, 3.63) is 0 Å². The minimum absolute atomic E-state index is 0.863. The fourth-order valence-electron chi connectivity index (χ4n) is 1.28. The third-order valence-corrected chi connectivity index (χ3v) is 12.4. The molecular formula is C5H18O5Si4. The lowest BCUT2D eigenvalue weighted by Gasteiger charge is -2.32. The van der Waals surface area contributed by atoms with E-state index < -0.39 is 38.1 Å². The minimum Gasteiger partial charge on any atom is -0.425 e. The van der Waals surface area contributed by atoms with Gasteiger partial charge in [-0.2, -0.15) is 0 Å². The summed E-state index contributed by atoms with van der Waals surface area (Å²) in [5.74, 6) is 0. The van der Waals surface area contributed by atoms with Crippen LogP contribution in [0.5, 0.6) is 0 Å². The summed E-state index contributed by atoms with van der Waals surface area (Å²) in [4.78, 5) is 0. The highest BCUT2D eigenvalue weighted by Gasteiger charge is 2.36. The lowest BCUT2D eigenvalue weighted by molar-refractivity contribution is 0.201. The number of hydrogen-bond donors (Lipinski definition) is 0. The first kappa shape index (κ1) is 12.7. The van der Waals surface area contributed by atoms with Crippen LogP contribution in [0.1, 0.15) is 13.3 Å². The Morgan fingerprint density at radius 1 is 1.43 bits per heavy atom. The molecule has 0 aromatic carbocycles. The van der Waals surface area contributed by atoms with E-state index in [1.165, 1.54) is 0 Å². The summed E-state index contributed by atoms with van der Waals surface area (Å²) in [5, 5.41) is 0. The van der Waals surface area contributed by atoms with E-state index >= 15 is 0 Å². The van der Waals surface area contributed by atoms with Crippen LogP contribution in [0.2, 0.25) is 12.6 Å². The van der Waals surface area contributed by atoms with Gasteiger partial charge in [0.15, 0.2) is 0 Å². The summed E-state index contributed by atoms with van der Waals surface area (Å²) in [7, 11) is -4.10. The Hall–Kier alpha value is 0.668. The molecule has 1 heterocycles. The second kappa shape index (κ2) is 6.29. The third-order valence-electron chi connectivity index (χ3n) is 1.98. The van der Waals surface area contributed by atoms with E-state index in [1.807, 2.05) is 0 Å². The highest BCUT2D eigenvalue weighted by molar-refractivity contribution is 6.76. The standard InChI is InChI=1S/C5H18O5Si4/c1-4-5-14(3)9-12-7-11-8-13(6-2)10-14/h13H,4-5,11-12H2,1-3H3. The maximum absolute atomic E-state index is 5.87. The molecular weight excluding hydrogens is 252 g/mol. The monoisotopic (exact) mass is 270 g/mol. The van der Waals surface area contributed by atoms with Crippen molar-refractivity contribution < 1.29 is 20.9 Å². The number of hydrogen-bond acceptors (Lipinski definition) is 5. The second-order valence-corrected chi connectivity index (χ2v) is 12.6. The van der Waals surface area contributed by atoms with E-state index in [-0.39, 0.29) is 0 Å². The lowest BCUT2D eigenvalue weighted by Crippen LogP contribution is -2.49. The molecule has 84 valence electrons. The number of rotatable bonds is 3. The molecule has 1 saturated heterocycles. The molecule has 1 fully saturated rings. The van der Waals surface area contributed by atoms with E-state index in [0.29, 0.717) is 0 Å². The first-order chi connectivity index (χ1) is 6.70. The second-order valence-electron chi connectivity index (χ2n) is 3.28. The topological polar surface area (TPSA) is 46.2 Å². The van der Waals surface area contributed by atoms with Gasteiger partial charge in [0.1, 0.15) is 0 Å². The van der Waals surface area contributed by atoms with Crippen LogP contribution in [0.3, 0.4) is 0 Å². The van der Waals surface area contributed by atoms with Gasteiger partial charge in [-0.3, -0.25) is 0 Å². The molecule has 1 aliphatic heterocycles. The van der Waals surface area contributed by atoms with Crippen molar-refractivity contribution in [1.82, 2.24) is 0 Å². The minimum atomic E-state index is -2.03. The molecule has 0 aromatic rings. The molecule has 0 aliphatic carbocycles. The van der Waals surface area contributed by atoms with Crippen LogP contribution in [-0.4, -0.2) is 45.2 Å². The van der Waals surface area contributed by atoms with E-state index in [2.05, 4.69) is 13.5 Å². The van der Waals surface area contributed by atoms with Gasteiger partial charge in [-0.25, -0.2) is 0 Å². The van der Waals surface area contributed by atoms with Gasteiger partial charge in [0.25, 0.3) is 20.0 Å². The molecule has 1 rings (SSSR count). The first-order valence-electron chi connectivity index (χ1n) is 4.74. The molecule has 1 aliphatic rings. The quantitative estimate of drug-likeness (QED) is 0.610. The van der Waals surface area contributed by atoms with Crippen molar-refractivity contribution in [2.45, 2.75) is 25.9 Å². The van der Waals surface area contributed by atoms with Crippen molar-refractivity contribution in [2.75, 3.05) is 7.11 Å². The molecule has 0 amide bonds. The Labute approximate surface area is 92.4 Å². The Balaban J connectivity index is 2.52. The van der Waals surface area contributed by atoms with Crippen molar-refractivity contribution in [1.29, 1.82) is 0 Å². The van der Waals surface area contributed by atoms with Crippen LogP contribution in [-0.2, 0) is 20.9 Å². The Morgan fingerprint density at radius 2 is 2.21 bits per heavy atom. The van der Waals surface area contributed by atoms with Gasteiger partial charge in [-0.1, -0.05) is 13.3 Å². The summed E-state index contributed by atoms with van der Waals surface area (Å²) in [5.41, 5.74) is 0. The molecule has 0 N–H and O–H groups in total. The van der Waals surface area contributed by atoms with Crippen molar-refractivity contribution >= 4 is 38.1 Å². The van der Waals surface area contributed by atoms with Crippen LogP contribution in [0.4, 0.5) is 0 Å². The van der Waals surface area contributed by atoms with Crippen LogP contribution in [0.25, 0.3) is 0 Å². The SMILES string of the molecule is CCC[Si]1(C)O[SiH2]O[SiH2]O[SiH](OC)O1. The first-order valence-corrected chi connectivity index (χ1v) is 11.0. The van der Waals surface area contributed by atoms with E-state index in [0.717, 1.165) is 12.5 Å². The van der Waals surface area contributed by atoms with Crippen LogP contribution in [0, 0.1) is 0 Å². The Morgan fingerprint density at radius 3 is 2.86 bits per heavy atom. The Bertz CT molecular complexity index is 172. The highest BCUT2D eigenvalue weighted by atomic mass is 28.5. The normalized spacial score (nSPS) is 38.4. The average Bonchev–Trinajstić information content (AvgIpc) is 2.12. The zero-order chi connectivity index (χ0) is 10.4. The molecule has 0 radical (unpaired) electrons. The molecule has 0 saturated carbocycles. The Kier molecular flexibility index (Phi) is 5.73. The average molecular weight is 271 g/mol. The van der Waals surface area contributed by atoms with Crippen LogP contribution >= 0.6 is 0 Å². The van der Waals surface area contributed by atoms with Crippen LogP contribution < -0.4 is 0 Å². The van der Waals surface area contributed by atoms with Gasteiger partial charge in [0, 0.05) is 7.11 Å². The summed E-state index contributed by atoms with van der Waals surface area (Å²) < 4.78 is 27.7. The third kappa shape index (κ3) is 4.04. The largest absolute Gasteiger partial charge is 0.465 e. The smallest absolute Gasteiger partial charge is 0.425 e. The molecule has 5 nitrogen and oxygen atoms in total. The predicted molar refractivity (Wildman–Crippen MR) is 62.3 cm³/mol. The summed E-state index contributed by atoms with van der Waals surface area (Å²) in [6.07, 6.45) is 1.07. The molecule has 9 heteroatoms. The van der Waals surface area contributed by atoms with Gasteiger partial charge in [0.2, 0.25) is 0 Å². The molecule has 2 unspecified atom stereocenters. The molecule has 0 aromatic heterocycles. The van der Waals surface area contributed by atoms with Gasteiger partial charge in [0.05, 0.1) is 0 Å². The zero-order valence-corrected chi connectivity index (χ0v) is 13.9. The van der Waals surface area contributed by atoms with Gasteiger partial charge in [-0.15, -0.1) is 0 Å². The summed E-state index contributed by atoms with van der Waals surface area (Å²) in [6.45, 7) is 4.20. The highest BCUT2D eigenvalue weighted by Crippen LogP contribution is 2.17. The van der Waals surface area contributed by atoms with Crippen molar-refractivity contribution in [2.24, 2.45) is 0 Å². The summed E-state index contributed by atoms with van der Waals surface area (Å²) in [6, 6.07) is 0.987. The van der Waals surface area contributed by atoms with Crippen molar-refractivity contribution in [3.8, 4) is 0 Å². The van der Waals surface area contributed by atoms with Crippen LogP contribution in [0.15, 0.2) is 0 Å². The van der Waals surface area contributed by atoms with E-state index in [1.54, 1.807) is 7.11 Å². The van der Waals surface area contributed by atoms with E-state index in [9.17, 15) is 0 Å². The zero-order valence-electron chi connectivity index (χ0n) is 8.95. The van der Waals surface area contributed by atoms with Gasteiger partial charge >= 0.3 is 18.1 Å². The summed E-state index contributed by atoms with van der Waals surface area (Å²) >= 11 is 0. The molecule has 0 bridgehead atoms. The fraction of sp³-hybridized carbons (Fsp3) is 1.00. The molecule has 2 atom stereocenters. The molecule has 14 heavy (non-hydrogen) atoms. The lowest BCUT2D eigenvalue weighted by atomic mass is 10.6. The van der Waals surface area contributed by atoms with E-state index in [4.69, 9.17) is 20.9 Å². The van der Waals surface area contributed by atoms with Gasteiger partial charge in [-0.05, 0) is 12.6 Å². The fourth-order valence-corrected chi connectivity index (χ4v) is 11.6.